The molecule has 5 N–H and O–H groups in total. The summed E-state index contributed by atoms with van der Waals surface area (Å²) in [6.45, 7) is 0. The number of ether oxygens (including phenoxy) is 1. The fourth-order valence-corrected chi connectivity index (χ4v) is 2.19. The normalized spacial score (nSPS) is 17.8. The van der Waals surface area contributed by atoms with Gasteiger partial charge < -0.3 is 21.5 Å². The average Bonchev–Trinajstić information content (AvgIpc) is 2.67. The number of nitrogens with two attached hydrogens (primary N) is 2. The van der Waals surface area contributed by atoms with Crippen LogP contribution in [0.2, 0.25) is 0 Å². The van der Waals surface area contributed by atoms with E-state index in [1.807, 2.05) is 0 Å². The van der Waals surface area contributed by atoms with Crippen LogP contribution >= 0.6 is 11.6 Å². The van der Waals surface area contributed by atoms with Gasteiger partial charge in [-0.1, -0.05) is 29.8 Å². The second-order valence-corrected chi connectivity index (χ2v) is 4.73. The second kappa shape index (κ2) is 5.84. The monoisotopic (exact) mass is 309 g/mol. The van der Waals surface area contributed by atoms with Crippen molar-refractivity contribution in [1.29, 1.82) is 0 Å². The number of hydrogen-bond acceptors (Lipinski definition) is 5. The Hall–Kier alpha value is -2.54. The van der Waals surface area contributed by atoms with E-state index in [0.29, 0.717) is 5.69 Å². The molecule has 1 aromatic rings. The Morgan fingerprint density at radius 2 is 1.76 bits per heavy atom. The summed E-state index contributed by atoms with van der Waals surface area (Å²) in [6.07, 6.45) is -1.31. The minimum atomic E-state index is -1.52. The molecule has 0 fully saturated rings. The van der Waals surface area contributed by atoms with E-state index in [9.17, 15) is 14.4 Å². The highest BCUT2D eigenvalue weighted by Crippen LogP contribution is 2.31. The number of primary amides is 2. The average molecular weight is 310 g/mol. The first kappa shape index (κ1) is 14.9. The van der Waals surface area contributed by atoms with Crippen LogP contribution in [0.1, 0.15) is 0 Å². The molecule has 0 radical (unpaired) electrons. The maximum atomic E-state index is 11.8. The zero-order valence-electron chi connectivity index (χ0n) is 10.7. The van der Waals surface area contributed by atoms with Crippen LogP contribution < -0.4 is 16.8 Å². The summed E-state index contributed by atoms with van der Waals surface area (Å²) in [4.78, 5) is 34.4. The van der Waals surface area contributed by atoms with Crippen LogP contribution in [-0.2, 0) is 19.1 Å². The number of anilines is 1. The summed E-state index contributed by atoms with van der Waals surface area (Å²) in [5.74, 6) is -4.34. The Labute approximate surface area is 124 Å². The molecular formula is C13H12ClN3O4. The number of halogens is 1. The van der Waals surface area contributed by atoms with E-state index in [4.69, 9.17) is 27.8 Å². The van der Waals surface area contributed by atoms with Gasteiger partial charge in [-0.2, -0.15) is 0 Å². The third-order valence-electron chi connectivity index (χ3n) is 2.89. The van der Waals surface area contributed by atoms with Crippen LogP contribution in [0.15, 0.2) is 41.1 Å². The van der Waals surface area contributed by atoms with E-state index in [-0.39, 0.29) is 10.7 Å². The molecule has 1 aromatic carbocycles. The van der Waals surface area contributed by atoms with Crippen LogP contribution in [0.3, 0.4) is 0 Å². The summed E-state index contributed by atoms with van der Waals surface area (Å²) in [5, 5.41) is 2.65. The molecular weight excluding hydrogens is 298 g/mol. The predicted octanol–water partition coefficient (Wildman–Crippen LogP) is 0.0611. The molecule has 1 aliphatic heterocycles. The maximum Gasteiger partial charge on any atom is 0.356 e. The number of nitrogens with one attached hydrogen (secondary N) is 1. The van der Waals surface area contributed by atoms with Crippen molar-refractivity contribution in [2.24, 2.45) is 17.4 Å². The number of amides is 2. The number of esters is 1. The van der Waals surface area contributed by atoms with Crippen LogP contribution in [0.25, 0.3) is 0 Å². The third-order valence-corrected chi connectivity index (χ3v) is 3.29. The molecule has 1 heterocycles. The Balaban J connectivity index is 2.31. The molecule has 0 saturated carbocycles. The molecule has 0 aromatic heterocycles. The fourth-order valence-electron chi connectivity index (χ4n) is 1.90. The Kier molecular flexibility index (Phi) is 4.13. The van der Waals surface area contributed by atoms with Crippen LogP contribution in [0, 0.1) is 5.92 Å². The van der Waals surface area contributed by atoms with Gasteiger partial charge in [-0.3, -0.25) is 9.59 Å². The van der Waals surface area contributed by atoms with Crippen molar-refractivity contribution in [2.75, 3.05) is 5.32 Å². The number of cyclic esters (lactones) is 1. The van der Waals surface area contributed by atoms with Gasteiger partial charge in [-0.15, -0.1) is 0 Å². The lowest BCUT2D eigenvalue weighted by molar-refractivity contribution is -0.146. The quantitative estimate of drug-likeness (QED) is 0.524. The van der Waals surface area contributed by atoms with Gasteiger partial charge in [0.05, 0.1) is 5.03 Å². The van der Waals surface area contributed by atoms with Gasteiger partial charge in [-0.05, 0) is 12.1 Å². The lowest BCUT2D eigenvalue weighted by Gasteiger charge is -2.16. The summed E-state index contributed by atoms with van der Waals surface area (Å²) >= 11 is 6.03. The van der Waals surface area contributed by atoms with Gasteiger partial charge in [0, 0.05) is 5.69 Å². The Bertz CT molecular complexity index is 616. The maximum absolute atomic E-state index is 11.8. The Morgan fingerprint density at radius 3 is 2.29 bits per heavy atom. The van der Waals surface area contributed by atoms with Crippen molar-refractivity contribution in [3.05, 3.63) is 41.1 Å². The van der Waals surface area contributed by atoms with E-state index in [2.05, 4.69) is 5.32 Å². The first-order valence-electron chi connectivity index (χ1n) is 5.93. The molecule has 0 bridgehead atoms. The molecule has 7 nitrogen and oxygen atoms in total. The number of rotatable bonds is 5. The molecule has 0 unspecified atom stereocenters. The zero-order valence-corrected chi connectivity index (χ0v) is 11.5. The van der Waals surface area contributed by atoms with Gasteiger partial charge in [0.15, 0.2) is 12.0 Å². The fraction of sp³-hybridized carbons (Fsp3) is 0.154. The smallest absolute Gasteiger partial charge is 0.356 e. The Morgan fingerprint density at radius 1 is 1.19 bits per heavy atom. The SMILES string of the molecule is NC(=O)C(C(N)=O)[C@H]1OC(=O)C(Nc2ccccc2)=C1Cl. The van der Waals surface area contributed by atoms with E-state index in [1.165, 1.54) is 0 Å². The largest absolute Gasteiger partial charge is 0.450 e. The van der Waals surface area contributed by atoms with Crippen LogP contribution in [0.4, 0.5) is 5.69 Å². The number of carbonyl (C=O) groups excluding carboxylic acids is 3. The third kappa shape index (κ3) is 2.97. The van der Waals surface area contributed by atoms with E-state index >= 15 is 0 Å². The lowest BCUT2D eigenvalue weighted by atomic mass is 10.0. The molecule has 8 heteroatoms. The standard InChI is InChI=1S/C13H12ClN3O4/c14-8-9(17-6-4-2-1-3-5-6)13(20)21-10(8)7(11(15)18)12(16)19/h1-5,7,10,17H,(H2,15,18)(H2,16,19)/t10-/m1/s1. The molecule has 0 spiro atoms. The summed E-state index contributed by atoms with van der Waals surface area (Å²) < 4.78 is 4.93. The van der Waals surface area contributed by atoms with Crippen molar-refractivity contribution in [2.45, 2.75) is 6.10 Å². The minimum Gasteiger partial charge on any atom is -0.450 e. The highest BCUT2D eigenvalue weighted by Gasteiger charge is 2.44. The van der Waals surface area contributed by atoms with Gasteiger partial charge in [0.1, 0.15) is 5.70 Å². The van der Waals surface area contributed by atoms with E-state index in [1.54, 1.807) is 30.3 Å². The molecule has 21 heavy (non-hydrogen) atoms. The molecule has 110 valence electrons. The first-order valence-corrected chi connectivity index (χ1v) is 6.31. The number of benzene rings is 1. The summed E-state index contributed by atoms with van der Waals surface area (Å²) in [6, 6.07) is 8.72. The molecule has 1 aliphatic rings. The zero-order chi connectivity index (χ0) is 15.6. The minimum absolute atomic E-state index is 0.0552. The number of carbonyl (C=O) groups is 3. The topological polar surface area (TPSA) is 125 Å². The first-order chi connectivity index (χ1) is 9.91. The van der Waals surface area contributed by atoms with Crippen molar-refractivity contribution < 1.29 is 19.1 Å². The predicted molar refractivity (Wildman–Crippen MR) is 74.7 cm³/mol. The number of hydrogen-bond donors (Lipinski definition) is 3. The van der Waals surface area contributed by atoms with Crippen LogP contribution in [-0.4, -0.2) is 23.9 Å². The van der Waals surface area contributed by atoms with Gasteiger partial charge in [0.2, 0.25) is 11.8 Å². The highest BCUT2D eigenvalue weighted by molar-refractivity contribution is 6.34. The second-order valence-electron chi connectivity index (χ2n) is 4.32. The van der Waals surface area contributed by atoms with Crippen LogP contribution in [0.5, 0.6) is 0 Å². The van der Waals surface area contributed by atoms with E-state index in [0.717, 1.165) is 0 Å². The van der Waals surface area contributed by atoms with Crippen molar-refractivity contribution in [3.8, 4) is 0 Å². The van der Waals surface area contributed by atoms with Crippen molar-refractivity contribution in [1.82, 2.24) is 0 Å². The molecule has 1 atom stereocenters. The molecule has 0 saturated heterocycles. The summed E-state index contributed by atoms with van der Waals surface area (Å²) in [7, 11) is 0. The van der Waals surface area contributed by atoms with Gasteiger partial charge >= 0.3 is 5.97 Å². The van der Waals surface area contributed by atoms with E-state index < -0.39 is 29.8 Å². The molecule has 2 rings (SSSR count). The molecule has 0 aliphatic carbocycles. The highest BCUT2D eigenvalue weighted by atomic mass is 35.5. The van der Waals surface area contributed by atoms with Crippen molar-refractivity contribution >= 4 is 35.1 Å². The van der Waals surface area contributed by atoms with Gasteiger partial charge in [0.25, 0.3) is 0 Å². The number of para-hydroxylation sites is 1. The van der Waals surface area contributed by atoms with Gasteiger partial charge in [-0.25, -0.2) is 4.79 Å². The summed E-state index contributed by atoms with van der Waals surface area (Å²) in [5.41, 5.74) is 10.7. The molecule has 2 amide bonds. The lowest BCUT2D eigenvalue weighted by Crippen LogP contribution is -2.43. The van der Waals surface area contributed by atoms with Crippen molar-refractivity contribution in [3.63, 3.8) is 0 Å².